The molecule has 0 bridgehead atoms. The quantitative estimate of drug-likeness (QED) is 0.410. The molecule has 3 aromatic rings. The van der Waals surface area contributed by atoms with Gasteiger partial charge in [-0.05, 0) is 60.3 Å². The van der Waals surface area contributed by atoms with Gasteiger partial charge in [0, 0.05) is 24.1 Å². The number of aromatic nitrogens is 2. The minimum atomic E-state index is -0.620. The van der Waals surface area contributed by atoms with E-state index in [1.54, 1.807) is 11.0 Å². The molecule has 0 saturated carbocycles. The molecule has 9 nitrogen and oxygen atoms in total. The van der Waals surface area contributed by atoms with Crippen LogP contribution in [0.3, 0.4) is 0 Å². The molecule has 4 rings (SSSR count). The topological polar surface area (TPSA) is 106 Å². The van der Waals surface area contributed by atoms with E-state index in [-0.39, 0.29) is 40.8 Å². The molecule has 2 aromatic carbocycles. The maximum atomic E-state index is 13.1. The molecule has 1 aromatic heterocycles. The van der Waals surface area contributed by atoms with Gasteiger partial charge in [0.25, 0.3) is 0 Å². The Morgan fingerprint density at radius 3 is 2.71 bits per heavy atom. The molecule has 1 aliphatic rings. The number of halogens is 2. The van der Waals surface area contributed by atoms with Crippen LogP contribution in [-0.2, 0) is 4.74 Å². The fourth-order valence-electron chi connectivity index (χ4n) is 4.44. The van der Waals surface area contributed by atoms with Gasteiger partial charge in [-0.15, -0.1) is 0 Å². The molecule has 1 atom stereocenters. The monoisotopic (exact) mass is 606 g/mol. The molecule has 1 saturated heterocycles. The lowest BCUT2D eigenvalue weighted by atomic mass is 10.0. The number of hydrogen-bond donors (Lipinski definition) is 2. The normalized spacial score (nSPS) is 16.2. The van der Waals surface area contributed by atoms with Crippen molar-refractivity contribution < 1.29 is 19.4 Å². The number of piperazine rings is 1. The van der Waals surface area contributed by atoms with Crippen LogP contribution in [0.1, 0.15) is 46.1 Å². The summed E-state index contributed by atoms with van der Waals surface area (Å²) in [5, 5.41) is 14.6. The summed E-state index contributed by atoms with van der Waals surface area (Å²) < 4.78 is 13.6. The van der Waals surface area contributed by atoms with E-state index in [9.17, 15) is 14.7 Å². The number of carbonyl (C=O) groups excluding carboxylic acids is 1. The highest BCUT2D eigenvalue weighted by Crippen LogP contribution is 2.43. The second kappa shape index (κ2) is 11.1. The first-order chi connectivity index (χ1) is 17.9. The fourth-order valence-corrected chi connectivity index (χ4v) is 5.04. The summed E-state index contributed by atoms with van der Waals surface area (Å²) in [5.41, 5.74) is 0.794. The number of para-hydroxylation sites is 1. The third kappa shape index (κ3) is 5.92. The van der Waals surface area contributed by atoms with Crippen LogP contribution in [0.5, 0.6) is 11.6 Å². The SMILES string of the molecule is CC(C)c1ccccc1-n1c(=O)nc(O)c2c(OCC3CN(C(=O)OC(C)(C)C)CCN3)c(Cl)c(Br)cc21. The van der Waals surface area contributed by atoms with Gasteiger partial charge in [-0.25, -0.2) is 9.59 Å². The first-order valence-corrected chi connectivity index (χ1v) is 13.6. The predicted octanol–water partition coefficient (Wildman–Crippen LogP) is 5.22. The maximum Gasteiger partial charge on any atom is 0.410 e. The van der Waals surface area contributed by atoms with Gasteiger partial charge in [0.2, 0.25) is 5.88 Å². The van der Waals surface area contributed by atoms with Crippen LogP contribution >= 0.6 is 27.5 Å². The molecule has 1 aliphatic heterocycles. The predicted molar refractivity (Wildman–Crippen MR) is 151 cm³/mol. The second-order valence-corrected chi connectivity index (χ2v) is 11.8. The van der Waals surface area contributed by atoms with Crippen molar-refractivity contribution in [1.29, 1.82) is 0 Å². The van der Waals surface area contributed by atoms with Crippen molar-refractivity contribution in [2.75, 3.05) is 26.2 Å². The number of ether oxygens (including phenoxy) is 2. The Kier molecular flexibility index (Phi) is 8.25. The number of nitrogens with one attached hydrogen (secondary N) is 1. The third-order valence-electron chi connectivity index (χ3n) is 6.15. The number of amides is 1. The van der Waals surface area contributed by atoms with Crippen molar-refractivity contribution in [2.45, 2.75) is 52.2 Å². The molecule has 0 radical (unpaired) electrons. The van der Waals surface area contributed by atoms with E-state index in [4.69, 9.17) is 21.1 Å². The Labute approximate surface area is 234 Å². The Bertz CT molecular complexity index is 1420. The standard InChI is InChI=1S/C27H32BrClN4O5/c1-15(2)17-8-6-7-9-19(17)33-20-12-18(28)22(29)23(21(20)24(34)31-25(33)35)37-14-16-13-32(11-10-30-16)26(36)38-27(3,4)5/h6-9,12,15-16,30H,10-11,13-14H2,1-5H3,(H,31,34,35). The highest BCUT2D eigenvalue weighted by atomic mass is 79.9. The molecular weight excluding hydrogens is 576 g/mol. The fraction of sp³-hybridized carbons (Fsp3) is 0.444. The number of benzene rings is 2. The second-order valence-electron chi connectivity index (χ2n) is 10.6. The van der Waals surface area contributed by atoms with Crippen molar-refractivity contribution in [1.82, 2.24) is 19.8 Å². The van der Waals surface area contributed by atoms with Gasteiger partial charge < -0.3 is 24.8 Å². The summed E-state index contributed by atoms with van der Waals surface area (Å²) in [6, 6.07) is 9.02. The highest BCUT2D eigenvalue weighted by Gasteiger charge is 2.29. The van der Waals surface area contributed by atoms with Crippen LogP contribution < -0.4 is 15.7 Å². The summed E-state index contributed by atoms with van der Waals surface area (Å²) in [7, 11) is 0. The number of fused-ring (bicyclic) bond motifs is 1. The molecular formula is C27H32BrClN4O5. The molecule has 2 heterocycles. The van der Waals surface area contributed by atoms with E-state index in [0.717, 1.165) is 5.56 Å². The molecule has 0 spiro atoms. The van der Waals surface area contributed by atoms with Crippen molar-refractivity contribution in [3.8, 4) is 17.3 Å². The highest BCUT2D eigenvalue weighted by molar-refractivity contribution is 9.10. The minimum Gasteiger partial charge on any atom is -0.493 e. The van der Waals surface area contributed by atoms with Crippen LogP contribution in [0, 0.1) is 0 Å². The van der Waals surface area contributed by atoms with Crippen molar-refractivity contribution in [3.63, 3.8) is 0 Å². The van der Waals surface area contributed by atoms with Gasteiger partial charge in [0.05, 0.1) is 22.3 Å². The smallest absolute Gasteiger partial charge is 0.410 e. The lowest BCUT2D eigenvalue weighted by Gasteiger charge is -2.34. The Hall–Kier alpha value is -2.82. The van der Waals surface area contributed by atoms with Gasteiger partial charge >= 0.3 is 11.8 Å². The van der Waals surface area contributed by atoms with Crippen molar-refractivity contribution in [3.05, 3.63) is 55.9 Å². The van der Waals surface area contributed by atoms with E-state index in [0.29, 0.717) is 35.3 Å². The van der Waals surface area contributed by atoms with E-state index in [1.165, 1.54) is 4.57 Å². The minimum absolute atomic E-state index is 0.138. The molecule has 11 heteroatoms. The number of carbonyl (C=O) groups is 1. The van der Waals surface area contributed by atoms with Gasteiger partial charge in [0.1, 0.15) is 17.6 Å². The average Bonchev–Trinajstić information content (AvgIpc) is 2.84. The largest absolute Gasteiger partial charge is 0.493 e. The van der Waals surface area contributed by atoms with E-state index >= 15 is 0 Å². The summed E-state index contributed by atoms with van der Waals surface area (Å²) in [4.78, 5) is 31.2. The molecule has 1 amide bonds. The molecule has 204 valence electrons. The molecule has 0 aliphatic carbocycles. The van der Waals surface area contributed by atoms with Crippen LogP contribution in [0.4, 0.5) is 4.79 Å². The Morgan fingerprint density at radius 2 is 2.03 bits per heavy atom. The first-order valence-electron chi connectivity index (χ1n) is 12.4. The molecule has 2 N–H and O–H groups in total. The number of nitrogens with zero attached hydrogens (tertiary/aromatic N) is 3. The van der Waals surface area contributed by atoms with E-state index in [1.807, 2.05) is 58.9 Å². The van der Waals surface area contributed by atoms with Crippen molar-refractivity contribution in [2.24, 2.45) is 0 Å². The van der Waals surface area contributed by atoms with Gasteiger partial charge in [0.15, 0.2) is 5.75 Å². The zero-order valence-corrected chi connectivity index (χ0v) is 24.4. The van der Waals surface area contributed by atoms with Crippen molar-refractivity contribution >= 4 is 44.5 Å². The molecule has 1 fully saturated rings. The van der Waals surface area contributed by atoms with Crippen LogP contribution in [0.2, 0.25) is 5.02 Å². The average molecular weight is 608 g/mol. The maximum absolute atomic E-state index is 13.1. The Morgan fingerprint density at radius 1 is 1.32 bits per heavy atom. The zero-order chi connectivity index (χ0) is 27.8. The van der Waals surface area contributed by atoms with Crippen LogP contribution in [0.25, 0.3) is 16.6 Å². The third-order valence-corrected chi connectivity index (χ3v) is 7.38. The summed E-state index contributed by atoms with van der Waals surface area (Å²) in [6.45, 7) is 11.2. The Balaban J connectivity index is 1.71. The first kappa shape index (κ1) is 28.2. The molecule has 38 heavy (non-hydrogen) atoms. The van der Waals surface area contributed by atoms with E-state index in [2.05, 4.69) is 26.2 Å². The van der Waals surface area contributed by atoms with E-state index < -0.39 is 17.2 Å². The number of rotatable bonds is 5. The summed E-state index contributed by atoms with van der Waals surface area (Å²) in [6.07, 6.45) is -0.385. The number of hydrogen-bond acceptors (Lipinski definition) is 7. The van der Waals surface area contributed by atoms with Gasteiger partial charge in [-0.3, -0.25) is 4.57 Å². The lowest BCUT2D eigenvalue weighted by Crippen LogP contribution is -2.55. The lowest BCUT2D eigenvalue weighted by molar-refractivity contribution is 0.0178. The number of aromatic hydroxyl groups is 1. The van der Waals surface area contributed by atoms with Crippen LogP contribution in [-0.4, -0.2) is 63.5 Å². The zero-order valence-electron chi connectivity index (χ0n) is 22.0. The summed E-state index contributed by atoms with van der Waals surface area (Å²) in [5.74, 6) is -0.147. The molecule has 1 unspecified atom stereocenters. The van der Waals surface area contributed by atoms with Crippen LogP contribution in [0.15, 0.2) is 39.6 Å². The summed E-state index contributed by atoms with van der Waals surface area (Å²) >= 11 is 10.1. The van der Waals surface area contributed by atoms with Gasteiger partial charge in [-0.1, -0.05) is 43.6 Å². The van der Waals surface area contributed by atoms with Gasteiger partial charge in [-0.2, -0.15) is 4.98 Å².